The molecule has 20 heavy (non-hydrogen) atoms. The first-order valence-electron chi connectivity index (χ1n) is 5.68. The van der Waals surface area contributed by atoms with Crippen molar-refractivity contribution in [2.75, 3.05) is 5.32 Å². The van der Waals surface area contributed by atoms with E-state index in [9.17, 15) is 9.90 Å². The number of nitrogens with one attached hydrogen (secondary N) is 1. The lowest BCUT2D eigenvalue weighted by Crippen LogP contribution is -2.14. The van der Waals surface area contributed by atoms with Gasteiger partial charge in [-0.1, -0.05) is 46.9 Å². The number of benzene rings is 2. The number of carbonyl (C=O) groups is 1. The number of phenols is 1. The summed E-state index contributed by atoms with van der Waals surface area (Å²) >= 11 is 17.5. The highest BCUT2D eigenvalue weighted by Gasteiger charge is 2.11. The number of aromatic hydroxyl groups is 1. The van der Waals surface area contributed by atoms with Gasteiger partial charge in [-0.3, -0.25) is 4.79 Å². The summed E-state index contributed by atoms with van der Waals surface area (Å²) in [7, 11) is 0. The van der Waals surface area contributed by atoms with Crippen molar-refractivity contribution in [1.29, 1.82) is 0 Å². The molecule has 2 rings (SSSR count). The molecular weight excluding hydrogens is 321 g/mol. The van der Waals surface area contributed by atoms with Crippen LogP contribution in [0.1, 0.15) is 5.56 Å². The molecule has 0 spiro atoms. The largest absolute Gasteiger partial charge is 0.504 e. The van der Waals surface area contributed by atoms with Crippen LogP contribution in [0, 0.1) is 0 Å². The van der Waals surface area contributed by atoms with E-state index in [4.69, 9.17) is 34.8 Å². The molecule has 0 aliphatic carbocycles. The van der Waals surface area contributed by atoms with Gasteiger partial charge in [-0.2, -0.15) is 0 Å². The Kier molecular flexibility index (Phi) is 4.76. The monoisotopic (exact) mass is 329 g/mol. The molecule has 0 aliphatic rings. The molecule has 0 saturated carbocycles. The van der Waals surface area contributed by atoms with E-state index in [1.807, 2.05) is 0 Å². The molecule has 2 N–H and O–H groups in total. The molecule has 104 valence electrons. The van der Waals surface area contributed by atoms with Crippen LogP contribution in [0.3, 0.4) is 0 Å². The summed E-state index contributed by atoms with van der Waals surface area (Å²) in [5, 5.41) is 13.3. The van der Waals surface area contributed by atoms with E-state index < -0.39 is 0 Å². The fourth-order valence-electron chi connectivity index (χ4n) is 1.69. The van der Waals surface area contributed by atoms with E-state index in [0.717, 1.165) is 5.56 Å². The minimum atomic E-state index is -0.305. The third-order valence-electron chi connectivity index (χ3n) is 2.56. The van der Waals surface area contributed by atoms with E-state index in [0.29, 0.717) is 10.0 Å². The zero-order valence-corrected chi connectivity index (χ0v) is 12.4. The molecule has 0 aromatic heterocycles. The summed E-state index contributed by atoms with van der Waals surface area (Å²) in [6, 6.07) is 9.80. The van der Waals surface area contributed by atoms with Crippen molar-refractivity contribution in [3.63, 3.8) is 0 Å². The van der Waals surface area contributed by atoms with Gasteiger partial charge in [-0.05, 0) is 29.8 Å². The van der Waals surface area contributed by atoms with Crippen LogP contribution in [-0.4, -0.2) is 11.0 Å². The first kappa shape index (κ1) is 15.0. The van der Waals surface area contributed by atoms with Crippen LogP contribution in [0.4, 0.5) is 5.69 Å². The van der Waals surface area contributed by atoms with E-state index in [2.05, 4.69) is 5.32 Å². The Morgan fingerprint density at radius 1 is 1.10 bits per heavy atom. The predicted octanol–water partition coefficient (Wildman–Crippen LogP) is 4.53. The summed E-state index contributed by atoms with van der Waals surface area (Å²) in [6.07, 6.45) is 0.129. The Morgan fingerprint density at radius 3 is 2.55 bits per heavy atom. The smallest absolute Gasteiger partial charge is 0.228 e. The third kappa shape index (κ3) is 3.79. The first-order valence-corrected chi connectivity index (χ1v) is 6.81. The van der Waals surface area contributed by atoms with Gasteiger partial charge in [-0.25, -0.2) is 0 Å². The lowest BCUT2D eigenvalue weighted by molar-refractivity contribution is -0.115. The number of phenolic OH excluding ortho intramolecular Hbond substituents is 1. The number of anilines is 1. The van der Waals surface area contributed by atoms with Crippen LogP contribution in [0.5, 0.6) is 5.75 Å². The third-order valence-corrected chi connectivity index (χ3v) is 3.30. The average Bonchev–Trinajstić information content (AvgIpc) is 2.35. The van der Waals surface area contributed by atoms with Crippen LogP contribution in [0.15, 0.2) is 36.4 Å². The van der Waals surface area contributed by atoms with Crippen molar-refractivity contribution < 1.29 is 9.90 Å². The Morgan fingerprint density at radius 2 is 1.85 bits per heavy atom. The van der Waals surface area contributed by atoms with Gasteiger partial charge in [0.2, 0.25) is 5.91 Å². The second-order valence-corrected chi connectivity index (χ2v) is 5.42. The Hall–Kier alpha value is -1.42. The van der Waals surface area contributed by atoms with Gasteiger partial charge in [0.25, 0.3) is 0 Å². The quantitative estimate of drug-likeness (QED) is 0.812. The van der Waals surface area contributed by atoms with Gasteiger partial charge >= 0.3 is 0 Å². The normalized spacial score (nSPS) is 10.3. The maximum Gasteiger partial charge on any atom is 0.228 e. The molecule has 0 bridgehead atoms. The van der Waals surface area contributed by atoms with Gasteiger partial charge in [0.05, 0.1) is 17.1 Å². The highest BCUT2D eigenvalue weighted by molar-refractivity contribution is 6.36. The van der Waals surface area contributed by atoms with E-state index in [-0.39, 0.29) is 28.8 Å². The SMILES string of the molecule is O=C(Cc1cccc(Cl)c1)Nc1cc(Cl)cc(Cl)c1O. The fraction of sp³-hybridized carbons (Fsp3) is 0.0714. The van der Waals surface area contributed by atoms with E-state index in [1.54, 1.807) is 24.3 Å². The van der Waals surface area contributed by atoms with Crippen LogP contribution in [-0.2, 0) is 11.2 Å². The van der Waals surface area contributed by atoms with Crippen molar-refractivity contribution in [1.82, 2.24) is 0 Å². The molecule has 0 atom stereocenters. The topological polar surface area (TPSA) is 49.3 Å². The van der Waals surface area contributed by atoms with Gasteiger partial charge in [0.15, 0.2) is 5.75 Å². The fourth-order valence-corrected chi connectivity index (χ4v) is 2.39. The summed E-state index contributed by atoms with van der Waals surface area (Å²) < 4.78 is 0. The molecule has 0 unspecified atom stereocenters. The molecule has 3 nitrogen and oxygen atoms in total. The number of amides is 1. The van der Waals surface area contributed by atoms with Crippen molar-refractivity contribution in [3.8, 4) is 5.75 Å². The van der Waals surface area contributed by atoms with Crippen molar-refractivity contribution >= 4 is 46.4 Å². The van der Waals surface area contributed by atoms with E-state index >= 15 is 0 Å². The number of rotatable bonds is 3. The molecule has 0 saturated heterocycles. The second kappa shape index (κ2) is 6.35. The van der Waals surface area contributed by atoms with Crippen LogP contribution < -0.4 is 5.32 Å². The minimum Gasteiger partial charge on any atom is -0.504 e. The summed E-state index contributed by atoms with van der Waals surface area (Å²) in [4.78, 5) is 11.9. The Bertz CT molecular complexity index is 659. The predicted molar refractivity (Wildman–Crippen MR) is 81.9 cm³/mol. The summed E-state index contributed by atoms with van der Waals surface area (Å²) in [5.41, 5.74) is 0.942. The highest BCUT2D eigenvalue weighted by Crippen LogP contribution is 2.35. The molecule has 2 aromatic carbocycles. The van der Waals surface area contributed by atoms with Gasteiger partial charge in [0, 0.05) is 10.0 Å². The zero-order chi connectivity index (χ0) is 14.7. The standard InChI is InChI=1S/C14H10Cl3NO2/c15-9-3-1-2-8(4-9)5-13(19)18-12-7-10(16)6-11(17)14(12)20/h1-4,6-7,20H,5H2,(H,18,19). The number of carbonyl (C=O) groups excluding carboxylic acids is 1. The van der Waals surface area contributed by atoms with E-state index in [1.165, 1.54) is 12.1 Å². The van der Waals surface area contributed by atoms with Gasteiger partial charge in [-0.15, -0.1) is 0 Å². The van der Waals surface area contributed by atoms with Crippen LogP contribution in [0.25, 0.3) is 0 Å². The lowest BCUT2D eigenvalue weighted by Gasteiger charge is -2.09. The van der Waals surface area contributed by atoms with Crippen LogP contribution >= 0.6 is 34.8 Å². The second-order valence-electron chi connectivity index (χ2n) is 4.14. The number of hydrogen-bond acceptors (Lipinski definition) is 2. The number of hydrogen-bond donors (Lipinski definition) is 2. The van der Waals surface area contributed by atoms with Crippen LogP contribution in [0.2, 0.25) is 15.1 Å². The molecule has 0 fully saturated rings. The first-order chi connectivity index (χ1) is 9.45. The maximum atomic E-state index is 11.9. The van der Waals surface area contributed by atoms with Crippen molar-refractivity contribution in [2.24, 2.45) is 0 Å². The lowest BCUT2D eigenvalue weighted by atomic mass is 10.1. The molecule has 0 aliphatic heterocycles. The maximum absolute atomic E-state index is 11.9. The average molecular weight is 331 g/mol. The van der Waals surface area contributed by atoms with Crippen molar-refractivity contribution in [2.45, 2.75) is 6.42 Å². The highest BCUT2D eigenvalue weighted by atomic mass is 35.5. The van der Waals surface area contributed by atoms with Crippen molar-refractivity contribution in [3.05, 3.63) is 57.0 Å². The molecule has 0 heterocycles. The molecule has 2 aromatic rings. The van der Waals surface area contributed by atoms with Gasteiger partial charge < -0.3 is 10.4 Å². The zero-order valence-electron chi connectivity index (χ0n) is 10.2. The molecule has 1 amide bonds. The number of halogens is 3. The molecule has 0 radical (unpaired) electrons. The summed E-state index contributed by atoms with van der Waals surface area (Å²) in [6.45, 7) is 0. The van der Waals surface area contributed by atoms with Gasteiger partial charge in [0.1, 0.15) is 0 Å². The Labute approximate surface area is 131 Å². The summed E-state index contributed by atoms with van der Waals surface area (Å²) in [5.74, 6) is -0.517. The Balaban J connectivity index is 2.12. The molecule has 6 heteroatoms. The molecular formula is C14H10Cl3NO2. The minimum absolute atomic E-state index is 0.0792.